The number of hydrogen-bond donors (Lipinski definition) is 2. The minimum atomic E-state index is -0.461. The second kappa shape index (κ2) is 8.11. The predicted molar refractivity (Wildman–Crippen MR) is 102 cm³/mol. The van der Waals surface area contributed by atoms with Gasteiger partial charge in [-0.1, -0.05) is 12.1 Å². The third-order valence-electron chi connectivity index (χ3n) is 4.49. The molecule has 1 aliphatic heterocycles. The Morgan fingerprint density at radius 2 is 2.22 bits per heavy atom. The highest BCUT2D eigenvalue weighted by Gasteiger charge is 2.25. The summed E-state index contributed by atoms with van der Waals surface area (Å²) < 4.78 is 10.4. The van der Waals surface area contributed by atoms with Crippen LogP contribution in [0.5, 0.6) is 5.75 Å². The van der Waals surface area contributed by atoms with E-state index in [1.807, 2.05) is 19.1 Å². The van der Waals surface area contributed by atoms with E-state index in [9.17, 15) is 9.59 Å². The summed E-state index contributed by atoms with van der Waals surface area (Å²) in [6, 6.07) is 6.68. The molecule has 0 radical (unpaired) electrons. The van der Waals surface area contributed by atoms with Crippen LogP contribution in [0.25, 0.3) is 0 Å². The Labute approximate surface area is 157 Å². The summed E-state index contributed by atoms with van der Waals surface area (Å²) in [4.78, 5) is 26.4. The third kappa shape index (κ3) is 4.21. The van der Waals surface area contributed by atoms with Gasteiger partial charge in [0.1, 0.15) is 17.6 Å². The molecule has 0 aliphatic carbocycles. The highest BCUT2D eigenvalue weighted by Crippen LogP contribution is 2.34. The van der Waals surface area contributed by atoms with E-state index in [-0.39, 0.29) is 11.8 Å². The molecule has 1 unspecified atom stereocenters. The number of aromatic nitrogens is 1. The maximum atomic E-state index is 12.5. The lowest BCUT2D eigenvalue weighted by Crippen LogP contribution is -2.34. The molecule has 8 nitrogen and oxygen atoms in total. The van der Waals surface area contributed by atoms with Gasteiger partial charge >= 0.3 is 0 Å². The van der Waals surface area contributed by atoms with E-state index in [1.165, 1.54) is 0 Å². The van der Waals surface area contributed by atoms with Gasteiger partial charge in [-0.2, -0.15) is 0 Å². The summed E-state index contributed by atoms with van der Waals surface area (Å²) in [5.74, 6) is 1.51. The minimum Gasteiger partial charge on any atom is -0.495 e. The lowest BCUT2D eigenvalue weighted by atomic mass is 10.1. The van der Waals surface area contributed by atoms with Crippen LogP contribution < -0.4 is 20.3 Å². The van der Waals surface area contributed by atoms with Gasteiger partial charge in [0.15, 0.2) is 5.82 Å². The number of carbonyl (C=O) groups is 2. The van der Waals surface area contributed by atoms with Crippen LogP contribution in [0, 0.1) is 6.92 Å². The van der Waals surface area contributed by atoms with E-state index in [1.54, 1.807) is 31.1 Å². The first-order valence-corrected chi connectivity index (χ1v) is 9.01. The van der Waals surface area contributed by atoms with Crippen molar-refractivity contribution in [1.82, 2.24) is 5.16 Å². The van der Waals surface area contributed by atoms with Crippen molar-refractivity contribution < 1.29 is 18.8 Å². The van der Waals surface area contributed by atoms with Crippen molar-refractivity contribution in [3.63, 3.8) is 0 Å². The molecule has 2 heterocycles. The van der Waals surface area contributed by atoms with Gasteiger partial charge in [-0.3, -0.25) is 9.59 Å². The number of hydrogen-bond acceptors (Lipinski definition) is 6. The minimum absolute atomic E-state index is 0.0802. The number of aryl methyl sites for hydroxylation is 1. The fraction of sp³-hybridized carbons (Fsp3) is 0.421. The molecule has 1 aromatic carbocycles. The summed E-state index contributed by atoms with van der Waals surface area (Å²) in [7, 11) is 1.58. The summed E-state index contributed by atoms with van der Waals surface area (Å²) in [5.41, 5.74) is 1.45. The molecule has 1 aromatic heterocycles. The highest BCUT2D eigenvalue weighted by atomic mass is 16.5. The maximum Gasteiger partial charge on any atom is 0.248 e. The number of anilines is 3. The zero-order valence-corrected chi connectivity index (χ0v) is 15.7. The molecular formula is C19H24N4O4. The Morgan fingerprint density at radius 1 is 1.41 bits per heavy atom. The molecule has 3 rings (SSSR count). The summed E-state index contributed by atoms with van der Waals surface area (Å²) in [6.07, 6.45) is 1.95. The molecule has 2 N–H and O–H groups in total. The maximum absolute atomic E-state index is 12.5. The zero-order valence-electron chi connectivity index (χ0n) is 15.7. The molecule has 0 saturated carbocycles. The Balaban J connectivity index is 1.76. The van der Waals surface area contributed by atoms with Crippen LogP contribution in [0.3, 0.4) is 0 Å². The second-order valence-electron chi connectivity index (χ2n) is 6.45. The number of methoxy groups -OCH3 is 1. The van der Waals surface area contributed by atoms with E-state index in [0.29, 0.717) is 42.4 Å². The predicted octanol–water partition coefficient (Wildman–Crippen LogP) is 2.95. The van der Waals surface area contributed by atoms with Crippen LogP contribution in [0.1, 0.15) is 31.9 Å². The molecule has 144 valence electrons. The van der Waals surface area contributed by atoms with Gasteiger partial charge in [0.2, 0.25) is 11.8 Å². The smallest absolute Gasteiger partial charge is 0.248 e. The van der Waals surface area contributed by atoms with Crippen LogP contribution in [0.15, 0.2) is 28.8 Å². The first-order valence-electron chi connectivity index (χ1n) is 9.01. The van der Waals surface area contributed by atoms with Crippen LogP contribution in [-0.2, 0) is 9.59 Å². The first-order chi connectivity index (χ1) is 13.0. The van der Waals surface area contributed by atoms with Gasteiger partial charge in [0.25, 0.3) is 0 Å². The van der Waals surface area contributed by atoms with Crippen molar-refractivity contribution in [2.24, 2.45) is 0 Å². The van der Waals surface area contributed by atoms with Gasteiger partial charge < -0.3 is 24.8 Å². The van der Waals surface area contributed by atoms with Crippen molar-refractivity contribution in [1.29, 1.82) is 0 Å². The molecule has 1 aliphatic rings. The number of nitrogens with zero attached hydrogens (tertiary/aromatic N) is 2. The number of ether oxygens (including phenoxy) is 1. The molecule has 1 saturated heterocycles. The summed E-state index contributed by atoms with van der Waals surface area (Å²) >= 11 is 0. The van der Waals surface area contributed by atoms with Gasteiger partial charge in [-0.15, -0.1) is 0 Å². The number of nitrogens with one attached hydrogen (secondary N) is 2. The van der Waals surface area contributed by atoms with E-state index < -0.39 is 6.04 Å². The first kappa shape index (κ1) is 18.8. The molecule has 1 fully saturated rings. The second-order valence-corrected chi connectivity index (χ2v) is 6.45. The van der Waals surface area contributed by atoms with Crippen molar-refractivity contribution in [3.8, 4) is 5.75 Å². The zero-order chi connectivity index (χ0) is 19.4. The van der Waals surface area contributed by atoms with Crippen LogP contribution in [0.4, 0.5) is 17.2 Å². The van der Waals surface area contributed by atoms with Crippen LogP contribution in [-0.4, -0.2) is 36.7 Å². The van der Waals surface area contributed by atoms with Crippen LogP contribution in [0.2, 0.25) is 0 Å². The largest absolute Gasteiger partial charge is 0.495 e. The van der Waals surface area contributed by atoms with Gasteiger partial charge in [0.05, 0.1) is 12.8 Å². The Kier molecular flexibility index (Phi) is 5.63. The van der Waals surface area contributed by atoms with E-state index >= 15 is 0 Å². The van der Waals surface area contributed by atoms with Crippen molar-refractivity contribution in [2.75, 3.05) is 29.2 Å². The monoisotopic (exact) mass is 372 g/mol. The molecule has 2 amide bonds. The van der Waals surface area contributed by atoms with Crippen molar-refractivity contribution >= 4 is 29.0 Å². The standard InChI is InChI=1S/C19H24N4O4/c1-4-14(19(25)21-17-10-12(2)27-22-17)20-13-7-8-16(26-3)15(11-13)23-9-5-6-18(23)24/h7-8,10-11,14,20H,4-6,9H2,1-3H3,(H,21,22,25). The Hall–Kier alpha value is -3.03. The molecule has 8 heteroatoms. The Morgan fingerprint density at radius 3 is 2.81 bits per heavy atom. The number of amides is 2. The third-order valence-corrected chi connectivity index (χ3v) is 4.49. The lowest BCUT2D eigenvalue weighted by Gasteiger charge is -2.22. The fourth-order valence-corrected chi connectivity index (χ4v) is 3.09. The molecule has 2 aromatic rings. The molecular weight excluding hydrogens is 348 g/mol. The Bertz CT molecular complexity index is 833. The van der Waals surface area contributed by atoms with E-state index in [0.717, 1.165) is 12.1 Å². The lowest BCUT2D eigenvalue weighted by molar-refractivity contribution is -0.117. The van der Waals surface area contributed by atoms with E-state index in [4.69, 9.17) is 9.26 Å². The fourth-order valence-electron chi connectivity index (χ4n) is 3.09. The topological polar surface area (TPSA) is 96.7 Å². The van der Waals surface area contributed by atoms with Gasteiger partial charge in [-0.05, 0) is 38.0 Å². The summed E-state index contributed by atoms with van der Waals surface area (Å²) in [6.45, 7) is 4.35. The number of rotatable bonds is 7. The van der Waals surface area contributed by atoms with E-state index in [2.05, 4.69) is 15.8 Å². The van der Waals surface area contributed by atoms with Crippen LogP contribution >= 0.6 is 0 Å². The number of carbonyl (C=O) groups excluding carboxylic acids is 2. The van der Waals surface area contributed by atoms with Gasteiger partial charge in [0, 0.05) is 24.7 Å². The quantitative estimate of drug-likeness (QED) is 0.776. The highest BCUT2D eigenvalue weighted by molar-refractivity contribution is 5.98. The van der Waals surface area contributed by atoms with Crippen molar-refractivity contribution in [2.45, 2.75) is 39.2 Å². The normalized spacial score (nSPS) is 14.9. The van der Waals surface area contributed by atoms with Crippen molar-refractivity contribution in [3.05, 3.63) is 30.0 Å². The number of benzene rings is 1. The molecule has 1 atom stereocenters. The average molecular weight is 372 g/mol. The SMILES string of the molecule is CCC(Nc1ccc(OC)c(N2CCCC2=O)c1)C(=O)Nc1cc(C)on1. The summed E-state index contributed by atoms with van der Waals surface area (Å²) in [5, 5.41) is 9.74. The molecule has 27 heavy (non-hydrogen) atoms. The molecule has 0 spiro atoms. The van der Waals surface area contributed by atoms with Gasteiger partial charge in [-0.25, -0.2) is 0 Å². The average Bonchev–Trinajstić information content (AvgIpc) is 3.27. The molecule has 0 bridgehead atoms.